The molecule has 27 heavy (non-hydrogen) atoms. The summed E-state index contributed by atoms with van der Waals surface area (Å²) in [5.74, 6) is 0.0626. The molecule has 0 unspecified atom stereocenters. The van der Waals surface area contributed by atoms with Crippen LogP contribution in [0.1, 0.15) is 33.1 Å². The Balaban J connectivity index is 1.59. The molecule has 0 aliphatic heterocycles. The smallest absolute Gasteiger partial charge is 0.295 e. The van der Waals surface area contributed by atoms with E-state index in [2.05, 4.69) is 44.5 Å². The molecule has 0 radical (unpaired) electrons. The predicted molar refractivity (Wildman–Crippen MR) is 101 cm³/mol. The van der Waals surface area contributed by atoms with Crippen molar-refractivity contribution >= 4 is 17.4 Å². The van der Waals surface area contributed by atoms with Crippen molar-refractivity contribution in [2.75, 3.05) is 5.32 Å². The van der Waals surface area contributed by atoms with Gasteiger partial charge in [0, 0.05) is 12.4 Å². The van der Waals surface area contributed by atoms with E-state index in [-0.39, 0.29) is 11.7 Å². The quantitative estimate of drug-likeness (QED) is 0.603. The van der Waals surface area contributed by atoms with E-state index in [9.17, 15) is 4.79 Å². The molecular weight excluding hydrogens is 342 g/mol. The van der Waals surface area contributed by atoms with Gasteiger partial charge < -0.3 is 5.32 Å². The average molecular weight is 361 g/mol. The minimum absolute atomic E-state index is 0.0687. The SMILES string of the molecule is Cc1ccccc1Cn1nc(C)c(NC(=O)c2nc3ncccn3n2)c1C. The summed E-state index contributed by atoms with van der Waals surface area (Å²) in [7, 11) is 0. The van der Waals surface area contributed by atoms with Crippen molar-refractivity contribution in [3.8, 4) is 0 Å². The predicted octanol–water partition coefficient (Wildman–Crippen LogP) is 2.55. The molecule has 0 saturated heterocycles. The maximum Gasteiger partial charge on any atom is 0.295 e. The molecule has 4 aromatic rings. The summed E-state index contributed by atoms with van der Waals surface area (Å²) in [5.41, 5.74) is 4.70. The van der Waals surface area contributed by atoms with Crippen LogP contribution in [0.25, 0.3) is 5.78 Å². The van der Waals surface area contributed by atoms with Crippen LogP contribution in [-0.2, 0) is 6.54 Å². The first-order valence-electron chi connectivity index (χ1n) is 8.60. The monoisotopic (exact) mass is 361 g/mol. The fourth-order valence-electron chi connectivity index (χ4n) is 2.98. The van der Waals surface area contributed by atoms with Crippen molar-refractivity contribution in [1.29, 1.82) is 0 Å². The van der Waals surface area contributed by atoms with Crippen LogP contribution in [0.15, 0.2) is 42.7 Å². The zero-order valence-corrected chi connectivity index (χ0v) is 15.3. The first-order chi connectivity index (χ1) is 13.0. The number of rotatable bonds is 4. The lowest BCUT2D eigenvalue weighted by atomic mass is 10.1. The number of nitrogens with zero attached hydrogens (tertiary/aromatic N) is 6. The van der Waals surface area contributed by atoms with Crippen molar-refractivity contribution in [1.82, 2.24) is 29.4 Å². The molecule has 1 aromatic carbocycles. The molecule has 3 aromatic heterocycles. The number of carbonyl (C=O) groups excluding carboxylic acids is 1. The number of fused-ring (bicyclic) bond motifs is 1. The third-order valence-corrected chi connectivity index (χ3v) is 4.52. The van der Waals surface area contributed by atoms with Crippen LogP contribution in [0.2, 0.25) is 0 Å². The third-order valence-electron chi connectivity index (χ3n) is 4.52. The second-order valence-electron chi connectivity index (χ2n) is 6.38. The van der Waals surface area contributed by atoms with E-state index in [4.69, 9.17) is 0 Å². The number of anilines is 1. The largest absolute Gasteiger partial charge is 0.316 e. The Morgan fingerprint density at radius 2 is 1.93 bits per heavy atom. The highest BCUT2D eigenvalue weighted by molar-refractivity contribution is 6.02. The van der Waals surface area contributed by atoms with Crippen molar-refractivity contribution in [3.05, 3.63) is 71.1 Å². The Morgan fingerprint density at radius 3 is 2.70 bits per heavy atom. The molecule has 3 heterocycles. The normalized spacial score (nSPS) is 11.1. The van der Waals surface area contributed by atoms with Gasteiger partial charge in [-0.15, -0.1) is 5.10 Å². The lowest BCUT2D eigenvalue weighted by molar-refractivity contribution is 0.101. The van der Waals surface area contributed by atoms with Crippen LogP contribution in [0.4, 0.5) is 5.69 Å². The highest BCUT2D eigenvalue weighted by Gasteiger charge is 2.19. The number of nitrogens with one attached hydrogen (secondary N) is 1. The van der Waals surface area contributed by atoms with Gasteiger partial charge >= 0.3 is 0 Å². The van der Waals surface area contributed by atoms with E-state index >= 15 is 0 Å². The Bertz CT molecular complexity index is 1110. The van der Waals surface area contributed by atoms with Gasteiger partial charge in [0.05, 0.1) is 23.6 Å². The Hall–Kier alpha value is -3.55. The molecule has 1 amide bonds. The molecule has 0 aliphatic rings. The molecule has 0 bridgehead atoms. The molecule has 136 valence electrons. The highest BCUT2D eigenvalue weighted by atomic mass is 16.2. The topological polar surface area (TPSA) is 90.0 Å². The summed E-state index contributed by atoms with van der Waals surface area (Å²) < 4.78 is 3.36. The molecule has 0 spiro atoms. The first kappa shape index (κ1) is 16.9. The van der Waals surface area contributed by atoms with E-state index < -0.39 is 0 Å². The van der Waals surface area contributed by atoms with Gasteiger partial charge in [-0.1, -0.05) is 24.3 Å². The van der Waals surface area contributed by atoms with Gasteiger partial charge in [-0.25, -0.2) is 9.50 Å². The van der Waals surface area contributed by atoms with E-state index in [1.807, 2.05) is 30.7 Å². The molecule has 8 nitrogen and oxygen atoms in total. The fraction of sp³-hybridized carbons (Fsp3) is 0.211. The molecule has 0 atom stereocenters. The summed E-state index contributed by atoms with van der Waals surface area (Å²) in [4.78, 5) is 20.8. The standard InChI is InChI=1S/C19H19N7O/c1-12-7-4-5-8-15(12)11-26-14(3)16(13(2)23-26)21-18(27)17-22-19-20-9-6-10-25(19)24-17/h4-10H,11H2,1-3H3,(H,21,27). The van der Waals surface area contributed by atoms with Gasteiger partial charge in [0.2, 0.25) is 5.82 Å². The fourth-order valence-corrected chi connectivity index (χ4v) is 2.98. The second kappa shape index (κ2) is 6.64. The molecule has 0 fully saturated rings. The maximum absolute atomic E-state index is 12.6. The first-order valence-corrected chi connectivity index (χ1v) is 8.60. The minimum Gasteiger partial charge on any atom is -0.316 e. The molecular formula is C19H19N7O. The zero-order chi connectivity index (χ0) is 19.0. The van der Waals surface area contributed by atoms with Crippen LogP contribution in [0, 0.1) is 20.8 Å². The van der Waals surface area contributed by atoms with Crippen LogP contribution in [0.3, 0.4) is 0 Å². The van der Waals surface area contributed by atoms with E-state index in [1.54, 1.807) is 18.5 Å². The minimum atomic E-state index is -0.387. The lowest BCUT2D eigenvalue weighted by Gasteiger charge is -2.08. The molecule has 0 aliphatic carbocycles. The average Bonchev–Trinajstić information content (AvgIpc) is 3.20. The summed E-state index contributed by atoms with van der Waals surface area (Å²) in [6.45, 7) is 6.53. The van der Waals surface area contributed by atoms with Gasteiger partial charge in [0.15, 0.2) is 0 Å². The molecule has 0 saturated carbocycles. The number of hydrogen-bond donors (Lipinski definition) is 1. The highest BCUT2D eigenvalue weighted by Crippen LogP contribution is 2.21. The Morgan fingerprint density at radius 1 is 1.11 bits per heavy atom. The number of aromatic nitrogens is 6. The number of aryl methyl sites for hydroxylation is 2. The van der Waals surface area contributed by atoms with Gasteiger partial charge in [0.25, 0.3) is 11.7 Å². The number of hydrogen-bond acceptors (Lipinski definition) is 5. The molecule has 4 rings (SSSR count). The number of carbonyl (C=O) groups is 1. The van der Waals surface area contributed by atoms with E-state index in [0.29, 0.717) is 18.0 Å². The second-order valence-corrected chi connectivity index (χ2v) is 6.38. The van der Waals surface area contributed by atoms with Gasteiger partial charge in [-0.05, 0) is 38.0 Å². The van der Waals surface area contributed by atoms with Crippen molar-refractivity contribution in [3.63, 3.8) is 0 Å². The maximum atomic E-state index is 12.6. The summed E-state index contributed by atoms with van der Waals surface area (Å²) in [6.07, 6.45) is 3.30. The van der Waals surface area contributed by atoms with E-state index in [1.165, 1.54) is 15.6 Å². The molecule has 8 heteroatoms. The molecule has 1 N–H and O–H groups in total. The van der Waals surface area contributed by atoms with E-state index in [0.717, 1.165) is 11.4 Å². The van der Waals surface area contributed by atoms with Crippen molar-refractivity contribution in [2.45, 2.75) is 27.3 Å². The van der Waals surface area contributed by atoms with Gasteiger partial charge in [-0.3, -0.25) is 9.48 Å². The lowest BCUT2D eigenvalue weighted by Crippen LogP contribution is -2.15. The van der Waals surface area contributed by atoms with Crippen LogP contribution in [0.5, 0.6) is 0 Å². The Kier molecular flexibility index (Phi) is 4.15. The Labute approximate surface area is 155 Å². The third kappa shape index (κ3) is 3.17. The number of amides is 1. The zero-order valence-electron chi connectivity index (χ0n) is 15.3. The summed E-state index contributed by atoms with van der Waals surface area (Å²) >= 11 is 0. The van der Waals surface area contributed by atoms with Crippen molar-refractivity contribution in [2.24, 2.45) is 0 Å². The van der Waals surface area contributed by atoms with Crippen LogP contribution in [-0.4, -0.2) is 35.3 Å². The van der Waals surface area contributed by atoms with Crippen LogP contribution < -0.4 is 5.32 Å². The number of benzene rings is 1. The summed E-state index contributed by atoms with van der Waals surface area (Å²) in [5, 5.41) is 11.6. The van der Waals surface area contributed by atoms with Gasteiger partial charge in [-0.2, -0.15) is 10.1 Å². The van der Waals surface area contributed by atoms with Crippen LogP contribution >= 0.6 is 0 Å². The summed E-state index contributed by atoms with van der Waals surface area (Å²) in [6, 6.07) is 9.92. The van der Waals surface area contributed by atoms with Crippen molar-refractivity contribution < 1.29 is 4.79 Å². The van der Waals surface area contributed by atoms with Gasteiger partial charge in [0.1, 0.15) is 0 Å².